The zero-order valence-corrected chi connectivity index (χ0v) is 22.9. The first-order valence-electron chi connectivity index (χ1n) is 12.0. The maximum absolute atomic E-state index is 12.7. The number of rotatable bonds is 11. The average molecular weight is 576 g/mol. The van der Waals surface area contributed by atoms with Gasteiger partial charge in [-0.05, 0) is 0 Å². The molecule has 7 heteroatoms. The second kappa shape index (κ2) is 13.3. The van der Waals surface area contributed by atoms with Crippen molar-refractivity contribution in [2.75, 3.05) is 19.7 Å². The molecule has 1 amide bonds. The van der Waals surface area contributed by atoms with E-state index < -0.39 is 11.6 Å². The minimum atomic E-state index is -2.12. The molecule has 2 N–H and O–H groups in total. The Morgan fingerprint density at radius 1 is 0.676 bits per heavy atom. The fourth-order valence-electron chi connectivity index (χ4n) is 4.01. The van der Waals surface area contributed by atoms with Crippen LogP contribution in [0.5, 0.6) is 0 Å². The van der Waals surface area contributed by atoms with Crippen LogP contribution in [0.3, 0.4) is 0 Å². The summed E-state index contributed by atoms with van der Waals surface area (Å²) in [7, 11) is 0. The maximum atomic E-state index is 12.7. The van der Waals surface area contributed by atoms with E-state index in [1.165, 1.54) is 0 Å². The summed E-state index contributed by atoms with van der Waals surface area (Å²) in [5, 5.41) is 8.32. The van der Waals surface area contributed by atoms with Gasteiger partial charge in [0.05, 0.1) is 0 Å². The van der Waals surface area contributed by atoms with Gasteiger partial charge in [-0.25, -0.2) is 0 Å². The molecule has 0 heterocycles. The van der Waals surface area contributed by atoms with Gasteiger partial charge in [0, 0.05) is 0 Å². The summed E-state index contributed by atoms with van der Waals surface area (Å²) < 4.78 is 5.57. The zero-order valence-electron chi connectivity index (χ0n) is 20.3. The molecular weight excluding hydrogens is 546 g/mol. The van der Waals surface area contributed by atoms with Gasteiger partial charge >= 0.3 is 190 Å². The molecule has 0 fully saturated rings. The third-order valence-electron chi connectivity index (χ3n) is 5.95. The van der Waals surface area contributed by atoms with Crippen molar-refractivity contribution in [1.29, 1.82) is 0 Å². The molecule has 5 nitrogen and oxygen atoms in total. The molecule has 0 saturated carbocycles. The van der Waals surface area contributed by atoms with Crippen molar-refractivity contribution >= 4 is 43.2 Å². The number of benzene rings is 4. The van der Waals surface area contributed by atoms with Crippen LogP contribution in [0.2, 0.25) is 0 Å². The fraction of sp³-hybridized carbons (Fsp3) is 0.133. The molecule has 0 aromatic heterocycles. The first-order valence-corrected chi connectivity index (χ1v) is 16.1. The minimum Gasteiger partial charge on any atom is -0.0622 e. The molecule has 0 bridgehead atoms. The molecule has 0 aliphatic rings. The van der Waals surface area contributed by atoms with Crippen molar-refractivity contribution < 1.29 is 14.3 Å². The molecule has 0 radical (unpaired) electrons. The van der Waals surface area contributed by atoms with Crippen molar-refractivity contribution in [3.8, 4) is 0 Å². The van der Waals surface area contributed by atoms with Crippen LogP contribution in [0.25, 0.3) is 0 Å². The topological polar surface area (TPSA) is 67.4 Å². The van der Waals surface area contributed by atoms with E-state index >= 15 is 0 Å². The van der Waals surface area contributed by atoms with E-state index in [-0.39, 0.29) is 31.5 Å². The van der Waals surface area contributed by atoms with Gasteiger partial charge in [0.2, 0.25) is 0 Å². The van der Waals surface area contributed by atoms with Crippen molar-refractivity contribution in [3.05, 3.63) is 132 Å². The molecule has 4 rings (SSSR count). The first-order chi connectivity index (χ1) is 18.1. The van der Waals surface area contributed by atoms with Crippen LogP contribution in [-0.4, -0.2) is 46.7 Å². The quantitative estimate of drug-likeness (QED) is 0.163. The molecular formula is C30H29N2O3PSe. The van der Waals surface area contributed by atoms with Gasteiger partial charge in [0.1, 0.15) is 0 Å². The minimum absolute atomic E-state index is 0.0640. The molecule has 0 spiro atoms. The van der Waals surface area contributed by atoms with Crippen LogP contribution in [0, 0.1) is 0 Å². The van der Waals surface area contributed by atoms with Crippen molar-refractivity contribution in [1.82, 2.24) is 10.4 Å². The number of hydrogen-bond donors (Lipinski definition) is 2. The standard InChI is InChI=1S/C30H29N2O3PSe/c33-29(21-32-36(37,26-17-9-3-10-18-26)27-19-11-4-12-20-27)31-22-30(34)35-23-28(24-13-5-1-6-14-24)25-15-7-2-8-16-25/h1-20,28H,21-23H2,(H,31,33)(H,32,37). The van der Waals surface area contributed by atoms with E-state index in [1.54, 1.807) is 0 Å². The summed E-state index contributed by atoms with van der Waals surface area (Å²) in [6, 6.07) is 40.0. The number of amides is 1. The Morgan fingerprint density at radius 2 is 1.11 bits per heavy atom. The summed E-state index contributed by atoms with van der Waals surface area (Å²) >= 11 is 3.34. The van der Waals surface area contributed by atoms with Gasteiger partial charge in [-0.1, -0.05) is 36.4 Å². The van der Waals surface area contributed by atoms with Gasteiger partial charge in [-0.15, -0.1) is 0 Å². The number of esters is 1. The molecule has 0 aliphatic heterocycles. The van der Waals surface area contributed by atoms with Crippen molar-refractivity contribution in [2.45, 2.75) is 5.92 Å². The molecule has 37 heavy (non-hydrogen) atoms. The molecule has 0 unspecified atom stereocenters. The molecule has 0 saturated heterocycles. The smallest absolute Gasteiger partial charge is 0.0622 e. The van der Waals surface area contributed by atoms with Crippen molar-refractivity contribution in [3.63, 3.8) is 0 Å². The van der Waals surface area contributed by atoms with E-state index in [0.29, 0.717) is 0 Å². The Labute approximate surface area is 225 Å². The Kier molecular flexibility index (Phi) is 9.64. The van der Waals surface area contributed by atoms with Gasteiger partial charge in [-0.3, -0.25) is 0 Å². The number of carbonyl (C=O) groups is 2. The normalized spacial score (nSPS) is 11.2. The molecule has 4 aromatic rings. The van der Waals surface area contributed by atoms with E-state index in [2.05, 4.69) is 49.8 Å². The van der Waals surface area contributed by atoms with Crippen LogP contribution < -0.4 is 21.0 Å². The summed E-state index contributed by atoms with van der Waals surface area (Å²) in [5.74, 6) is -0.826. The van der Waals surface area contributed by atoms with E-state index in [1.807, 2.05) is 97.1 Å². The average Bonchev–Trinajstić information content (AvgIpc) is 2.97. The second-order valence-electron chi connectivity index (χ2n) is 8.45. The van der Waals surface area contributed by atoms with E-state index in [0.717, 1.165) is 21.7 Å². The monoisotopic (exact) mass is 576 g/mol. The Hall–Kier alpha value is -3.27. The van der Waals surface area contributed by atoms with Crippen LogP contribution >= 0.6 is 5.66 Å². The summed E-state index contributed by atoms with van der Waals surface area (Å²) in [5.41, 5.74) is 0.0103. The predicted molar refractivity (Wildman–Crippen MR) is 152 cm³/mol. The number of ether oxygens (including phenoxy) is 1. The van der Waals surface area contributed by atoms with Gasteiger partial charge in [-0.2, -0.15) is 0 Å². The number of hydrogen-bond acceptors (Lipinski definition) is 4. The summed E-state index contributed by atoms with van der Waals surface area (Å²) in [6.45, 7) is 0.0718. The molecule has 4 aromatic carbocycles. The summed E-state index contributed by atoms with van der Waals surface area (Å²) in [4.78, 5) is 25.2. The third kappa shape index (κ3) is 7.38. The van der Waals surface area contributed by atoms with E-state index in [9.17, 15) is 9.59 Å². The SMILES string of the molecule is O=C(CNP(=[Se])(c1ccccc1)c1ccccc1)NCC(=O)OCC(c1ccccc1)c1ccccc1. The van der Waals surface area contributed by atoms with Crippen LogP contribution in [0.15, 0.2) is 121 Å². The molecule has 0 atom stereocenters. The zero-order chi connectivity index (χ0) is 25.9. The number of carbonyl (C=O) groups excluding carboxylic acids is 2. The Balaban J connectivity index is 1.33. The predicted octanol–water partition coefficient (Wildman–Crippen LogP) is 3.73. The Morgan fingerprint density at radius 3 is 1.57 bits per heavy atom. The van der Waals surface area contributed by atoms with Gasteiger partial charge < -0.3 is 0 Å². The van der Waals surface area contributed by atoms with E-state index in [4.69, 9.17) is 4.74 Å². The Bertz CT molecular complexity index is 1250. The van der Waals surface area contributed by atoms with Crippen LogP contribution in [0.4, 0.5) is 0 Å². The van der Waals surface area contributed by atoms with Crippen LogP contribution in [0.1, 0.15) is 17.0 Å². The second-order valence-corrected chi connectivity index (χ2v) is 14.5. The molecule has 0 aliphatic carbocycles. The first kappa shape index (κ1) is 26.8. The van der Waals surface area contributed by atoms with Gasteiger partial charge in [0.15, 0.2) is 0 Å². The number of nitrogens with one attached hydrogen (secondary N) is 2. The molecule has 188 valence electrons. The van der Waals surface area contributed by atoms with Gasteiger partial charge in [0.25, 0.3) is 0 Å². The van der Waals surface area contributed by atoms with Crippen LogP contribution in [-0.2, 0) is 14.3 Å². The summed E-state index contributed by atoms with van der Waals surface area (Å²) in [6.07, 6.45) is 0. The third-order valence-corrected chi connectivity index (χ3v) is 12.1. The fourth-order valence-corrected chi connectivity index (χ4v) is 8.16. The van der Waals surface area contributed by atoms with Crippen molar-refractivity contribution in [2.24, 2.45) is 0 Å².